The van der Waals surface area contributed by atoms with Crippen LogP contribution in [0.15, 0.2) is 24.3 Å². The molecule has 1 aromatic rings. The minimum Gasteiger partial charge on any atom is -0.314 e. The molecule has 1 aliphatic rings. The predicted molar refractivity (Wildman–Crippen MR) is 60.8 cm³/mol. The molecule has 1 fully saturated rings. The lowest BCUT2D eigenvalue weighted by Crippen LogP contribution is -2.36. The van der Waals surface area contributed by atoms with Gasteiger partial charge in [-0.05, 0) is 43.5 Å². The molecule has 2 heteroatoms. The van der Waals surface area contributed by atoms with Crippen molar-refractivity contribution in [1.82, 2.24) is 5.32 Å². The van der Waals surface area contributed by atoms with Crippen molar-refractivity contribution in [2.45, 2.75) is 31.7 Å². The maximum atomic E-state index is 5.81. The molecule has 2 rings (SSSR count). The zero-order valence-electron chi connectivity index (χ0n) is 8.30. The molecule has 0 bridgehead atoms. The summed E-state index contributed by atoms with van der Waals surface area (Å²) >= 11 is 5.81. The van der Waals surface area contributed by atoms with Crippen molar-refractivity contribution >= 4 is 11.6 Å². The monoisotopic (exact) mass is 209 g/mol. The Balaban J connectivity index is 1.71. The lowest BCUT2D eigenvalue weighted by atomic mass is 9.93. The third-order valence-electron chi connectivity index (χ3n) is 2.87. The Labute approximate surface area is 90.5 Å². The zero-order chi connectivity index (χ0) is 9.80. The smallest absolute Gasteiger partial charge is 0.0406 e. The van der Waals surface area contributed by atoms with E-state index >= 15 is 0 Å². The topological polar surface area (TPSA) is 12.0 Å². The minimum atomic E-state index is 0.794. The van der Waals surface area contributed by atoms with E-state index in [1.165, 1.54) is 24.8 Å². The molecule has 0 aromatic heterocycles. The van der Waals surface area contributed by atoms with Crippen LogP contribution in [0, 0.1) is 0 Å². The van der Waals surface area contributed by atoms with E-state index in [0.717, 1.165) is 24.0 Å². The summed E-state index contributed by atoms with van der Waals surface area (Å²) in [5.41, 5.74) is 1.36. The molecule has 0 spiro atoms. The van der Waals surface area contributed by atoms with Gasteiger partial charge >= 0.3 is 0 Å². The van der Waals surface area contributed by atoms with E-state index in [4.69, 9.17) is 11.6 Å². The maximum Gasteiger partial charge on any atom is 0.0406 e. The quantitative estimate of drug-likeness (QED) is 0.804. The van der Waals surface area contributed by atoms with Crippen molar-refractivity contribution in [3.63, 3.8) is 0 Å². The zero-order valence-corrected chi connectivity index (χ0v) is 9.06. The van der Waals surface area contributed by atoms with Crippen LogP contribution >= 0.6 is 11.6 Å². The number of hydrogen-bond acceptors (Lipinski definition) is 1. The molecule has 76 valence electrons. The van der Waals surface area contributed by atoms with E-state index in [9.17, 15) is 0 Å². The molecule has 14 heavy (non-hydrogen) atoms. The average molecular weight is 210 g/mol. The second kappa shape index (κ2) is 4.81. The van der Waals surface area contributed by atoms with Crippen LogP contribution in [-0.4, -0.2) is 12.6 Å². The summed E-state index contributed by atoms with van der Waals surface area (Å²) in [4.78, 5) is 0. The highest BCUT2D eigenvalue weighted by Crippen LogP contribution is 2.17. The van der Waals surface area contributed by atoms with Crippen LogP contribution in [-0.2, 0) is 6.42 Å². The number of hydrogen-bond donors (Lipinski definition) is 1. The van der Waals surface area contributed by atoms with Crippen LogP contribution < -0.4 is 5.32 Å². The highest BCUT2D eigenvalue weighted by atomic mass is 35.5. The van der Waals surface area contributed by atoms with Gasteiger partial charge in [-0.2, -0.15) is 0 Å². The van der Waals surface area contributed by atoms with Crippen LogP contribution in [0.3, 0.4) is 0 Å². The Kier molecular flexibility index (Phi) is 3.44. The van der Waals surface area contributed by atoms with Gasteiger partial charge in [0.05, 0.1) is 0 Å². The summed E-state index contributed by atoms with van der Waals surface area (Å²) in [5.74, 6) is 0. The van der Waals surface area contributed by atoms with Crippen molar-refractivity contribution in [2.75, 3.05) is 6.54 Å². The molecule has 0 heterocycles. The van der Waals surface area contributed by atoms with Crippen LogP contribution in [0.1, 0.15) is 24.8 Å². The Morgan fingerprint density at radius 1 is 1.21 bits per heavy atom. The summed E-state index contributed by atoms with van der Waals surface area (Å²) in [6.07, 6.45) is 5.23. The summed E-state index contributed by atoms with van der Waals surface area (Å²) in [7, 11) is 0. The van der Waals surface area contributed by atoms with Gasteiger partial charge in [-0.15, -0.1) is 0 Å². The van der Waals surface area contributed by atoms with E-state index in [1.807, 2.05) is 12.1 Å². The van der Waals surface area contributed by atoms with Crippen LogP contribution in [0.2, 0.25) is 5.02 Å². The summed E-state index contributed by atoms with van der Waals surface area (Å²) in [6, 6.07) is 8.91. The molecule has 1 saturated carbocycles. The van der Waals surface area contributed by atoms with E-state index in [1.54, 1.807) is 0 Å². The van der Waals surface area contributed by atoms with Gasteiger partial charge in [-0.25, -0.2) is 0 Å². The van der Waals surface area contributed by atoms with Gasteiger partial charge in [0.1, 0.15) is 0 Å². The molecule has 0 radical (unpaired) electrons. The lowest BCUT2D eigenvalue weighted by molar-refractivity contribution is 0.342. The predicted octanol–water partition coefficient (Wildman–Crippen LogP) is 3.02. The highest BCUT2D eigenvalue weighted by Gasteiger charge is 2.15. The molecule has 1 nitrogen and oxygen atoms in total. The van der Waals surface area contributed by atoms with Crippen molar-refractivity contribution < 1.29 is 0 Å². The van der Waals surface area contributed by atoms with E-state index in [0.29, 0.717) is 0 Å². The normalized spacial score (nSPS) is 16.6. The second-order valence-corrected chi connectivity index (χ2v) is 4.39. The molecule has 0 unspecified atom stereocenters. The molecule has 0 aliphatic heterocycles. The van der Waals surface area contributed by atoms with Crippen molar-refractivity contribution in [2.24, 2.45) is 0 Å². The van der Waals surface area contributed by atoms with Gasteiger partial charge in [0.2, 0.25) is 0 Å². The molecule has 0 saturated heterocycles. The molecule has 0 atom stereocenters. The van der Waals surface area contributed by atoms with Crippen LogP contribution in [0.5, 0.6) is 0 Å². The van der Waals surface area contributed by atoms with Gasteiger partial charge in [0.15, 0.2) is 0 Å². The first-order chi connectivity index (χ1) is 6.84. The Morgan fingerprint density at radius 3 is 2.50 bits per heavy atom. The fourth-order valence-corrected chi connectivity index (χ4v) is 1.81. The van der Waals surface area contributed by atoms with E-state index in [2.05, 4.69) is 17.4 Å². The van der Waals surface area contributed by atoms with Gasteiger partial charge in [-0.3, -0.25) is 0 Å². The van der Waals surface area contributed by atoms with E-state index < -0.39 is 0 Å². The highest BCUT2D eigenvalue weighted by molar-refractivity contribution is 6.30. The first-order valence-corrected chi connectivity index (χ1v) is 5.70. The Morgan fingerprint density at radius 2 is 1.93 bits per heavy atom. The standard InChI is InChI=1S/C12H16ClN/c13-11-6-4-10(5-7-11)8-9-14-12-2-1-3-12/h4-7,12,14H,1-3,8-9H2. The molecule has 1 aliphatic carbocycles. The number of halogens is 1. The SMILES string of the molecule is Clc1ccc(CCNC2CCC2)cc1. The fourth-order valence-electron chi connectivity index (χ4n) is 1.68. The lowest BCUT2D eigenvalue weighted by Gasteiger charge is -2.26. The van der Waals surface area contributed by atoms with E-state index in [-0.39, 0.29) is 0 Å². The second-order valence-electron chi connectivity index (χ2n) is 3.96. The first-order valence-electron chi connectivity index (χ1n) is 5.32. The van der Waals surface area contributed by atoms with Crippen LogP contribution in [0.25, 0.3) is 0 Å². The number of rotatable bonds is 4. The molecule has 1 N–H and O–H groups in total. The van der Waals surface area contributed by atoms with Crippen molar-refractivity contribution in [3.05, 3.63) is 34.9 Å². The Hall–Kier alpha value is -0.530. The van der Waals surface area contributed by atoms with Gasteiger partial charge in [0.25, 0.3) is 0 Å². The number of nitrogens with one attached hydrogen (secondary N) is 1. The first kappa shape index (κ1) is 10.0. The van der Waals surface area contributed by atoms with Gasteiger partial charge in [-0.1, -0.05) is 30.2 Å². The average Bonchev–Trinajstić information content (AvgIpc) is 2.12. The Bertz CT molecular complexity index is 277. The number of benzene rings is 1. The molecule has 0 amide bonds. The summed E-state index contributed by atoms with van der Waals surface area (Å²) in [6.45, 7) is 1.09. The molecule has 1 aromatic carbocycles. The van der Waals surface area contributed by atoms with Gasteiger partial charge in [0, 0.05) is 11.1 Å². The minimum absolute atomic E-state index is 0.794. The third kappa shape index (κ3) is 2.73. The molecular weight excluding hydrogens is 194 g/mol. The maximum absolute atomic E-state index is 5.81. The summed E-state index contributed by atoms with van der Waals surface area (Å²) < 4.78 is 0. The fraction of sp³-hybridized carbons (Fsp3) is 0.500. The third-order valence-corrected chi connectivity index (χ3v) is 3.12. The van der Waals surface area contributed by atoms with Gasteiger partial charge < -0.3 is 5.32 Å². The molecular formula is C12H16ClN. The van der Waals surface area contributed by atoms with Crippen molar-refractivity contribution in [1.29, 1.82) is 0 Å². The van der Waals surface area contributed by atoms with Crippen molar-refractivity contribution in [3.8, 4) is 0 Å². The van der Waals surface area contributed by atoms with Crippen LogP contribution in [0.4, 0.5) is 0 Å². The summed E-state index contributed by atoms with van der Waals surface area (Å²) in [5, 5.41) is 4.37. The largest absolute Gasteiger partial charge is 0.314 e.